The van der Waals surface area contributed by atoms with Gasteiger partial charge in [-0.15, -0.1) is 11.8 Å². The van der Waals surface area contributed by atoms with E-state index in [1.54, 1.807) is 28.8 Å². The zero-order valence-electron chi connectivity index (χ0n) is 17.5. The number of carbonyl (C=O) groups is 2. The first-order valence-electron chi connectivity index (χ1n) is 9.97. The van der Waals surface area contributed by atoms with Crippen LogP contribution in [0.3, 0.4) is 0 Å². The first kappa shape index (κ1) is 24.6. The van der Waals surface area contributed by atoms with Crippen LogP contribution in [0.2, 0.25) is 10.0 Å². The Morgan fingerprint density at radius 3 is 2.33 bits per heavy atom. The summed E-state index contributed by atoms with van der Waals surface area (Å²) in [6, 6.07) is 14.7. The van der Waals surface area contributed by atoms with Crippen LogP contribution in [-0.4, -0.2) is 34.6 Å². The molecular weight excluding hydrogens is 439 g/mol. The van der Waals surface area contributed by atoms with Crippen molar-refractivity contribution in [1.29, 1.82) is 0 Å². The summed E-state index contributed by atoms with van der Waals surface area (Å²) >= 11 is 13.7. The van der Waals surface area contributed by atoms with E-state index in [9.17, 15) is 9.59 Å². The van der Waals surface area contributed by atoms with Gasteiger partial charge in [-0.3, -0.25) is 9.59 Å². The van der Waals surface area contributed by atoms with Crippen LogP contribution in [0.5, 0.6) is 0 Å². The Labute approximate surface area is 193 Å². The molecule has 0 heterocycles. The fraction of sp³-hybridized carbons (Fsp3) is 0.391. The molecule has 0 fully saturated rings. The molecule has 0 saturated carbocycles. The maximum Gasteiger partial charge on any atom is 0.243 e. The largest absolute Gasteiger partial charge is 0.352 e. The first-order chi connectivity index (χ1) is 14.3. The summed E-state index contributed by atoms with van der Waals surface area (Å²) in [5.74, 6) is 0.811. The highest BCUT2D eigenvalue weighted by atomic mass is 35.5. The predicted octanol–water partition coefficient (Wildman–Crippen LogP) is 5.56. The average molecular weight is 467 g/mol. The molecule has 1 unspecified atom stereocenters. The summed E-state index contributed by atoms with van der Waals surface area (Å²) in [6.45, 7) is 6.03. The second kappa shape index (κ2) is 12.2. The molecule has 1 atom stereocenters. The van der Waals surface area contributed by atoms with Crippen LogP contribution in [0.4, 0.5) is 0 Å². The Kier molecular flexibility index (Phi) is 10.0. The van der Waals surface area contributed by atoms with E-state index in [-0.39, 0.29) is 17.9 Å². The molecule has 0 aromatic heterocycles. The van der Waals surface area contributed by atoms with Crippen molar-refractivity contribution >= 4 is 46.8 Å². The summed E-state index contributed by atoms with van der Waals surface area (Å²) < 4.78 is 0. The van der Waals surface area contributed by atoms with Crippen LogP contribution >= 0.6 is 35.0 Å². The molecule has 162 valence electrons. The number of rotatable bonds is 10. The van der Waals surface area contributed by atoms with Gasteiger partial charge in [-0.1, -0.05) is 66.5 Å². The molecule has 0 radical (unpaired) electrons. The van der Waals surface area contributed by atoms with E-state index in [0.717, 1.165) is 16.9 Å². The third-order valence-corrected chi connectivity index (χ3v) is 6.22. The van der Waals surface area contributed by atoms with Gasteiger partial charge < -0.3 is 10.2 Å². The smallest absolute Gasteiger partial charge is 0.243 e. The van der Waals surface area contributed by atoms with Crippen molar-refractivity contribution in [2.45, 2.75) is 51.6 Å². The third kappa shape index (κ3) is 7.53. The highest BCUT2D eigenvalue weighted by Crippen LogP contribution is 2.24. The van der Waals surface area contributed by atoms with Gasteiger partial charge in [-0.05, 0) is 43.5 Å². The number of halogens is 2. The van der Waals surface area contributed by atoms with E-state index >= 15 is 0 Å². The Morgan fingerprint density at radius 2 is 1.73 bits per heavy atom. The minimum atomic E-state index is -0.549. The average Bonchev–Trinajstić information content (AvgIpc) is 2.70. The van der Waals surface area contributed by atoms with Gasteiger partial charge >= 0.3 is 0 Å². The summed E-state index contributed by atoms with van der Waals surface area (Å²) in [4.78, 5) is 27.6. The summed E-state index contributed by atoms with van der Waals surface area (Å²) in [5.41, 5.74) is 2.00. The number of hydrogen-bond donors (Lipinski definition) is 1. The van der Waals surface area contributed by atoms with Gasteiger partial charge in [0.15, 0.2) is 0 Å². The van der Waals surface area contributed by atoms with Crippen molar-refractivity contribution in [3.05, 3.63) is 69.7 Å². The molecule has 0 saturated heterocycles. The van der Waals surface area contributed by atoms with Crippen molar-refractivity contribution < 1.29 is 9.59 Å². The van der Waals surface area contributed by atoms with Crippen molar-refractivity contribution in [2.24, 2.45) is 0 Å². The van der Waals surface area contributed by atoms with Crippen molar-refractivity contribution in [1.82, 2.24) is 10.2 Å². The Balaban J connectivity index is 2.16. The Hall–Kier alpha value is -1.69. The maximum absolute atomic E-state index is 13.1. The molecule has 4 nitrogen and oxygen atoms in total. The normalized spacial score (nSPS) is 11.9. The molecule has 0 aliphatic carbocycles. The molecule has 2 rings (SSSR count). The van der Waals surface area contributed by atoms with Crippen LogP contribution in [0.25, 0.3) is 0 Å². The van der Waals surface area contributed by atoms with E-state index in [2.05, 4.69) is 5.32 Å². The molecule has 7 heteroatoms. The number of nitrogens with zero attached hydrogens (tertiary/aromatic N) is 1. The number of nitrogens with one attached hydrogen (secondary N) is 1. The lowest BCUT2D eigenvalue weighted by atomic mass is 10.1. The lowest BCUT2D eigenvalue weighted by Crippen LogP contribution is -2.50. The SMILES string of the molecule is CCC(C(=O)NC(C)C)N(Cc1ccc(Cl)c(Cl)c1)C(=O)CSCc1ccccc1. The highest BCUT2D eigenvalue weighted by molar-refractivity contribution is 7.99. The molecule has 0 bridgehead atoms. The van der Waals surface area contributed by atoms with E-state index in [4.69, 9.17) is 23.2 Å². The minimum Gasteiger partial charge on any atom is -0.352 e. The van der Waals surface area contributed by atoms with Gasteiger partial charge in [0, 0.05) is 18.3 Å². The van der Waals surface area contributed by atoms with Crippen molar-refractivity contribution in [2.75, 3.05) is 5.75 Å². The first-order valence-corrected chi connectivity index (χ1v) is 11.9. The lowest BCUT2D eigenvalue weighted by Gasteiger charge is -2.31. The maximum atomic E-state index is 13.1. The van der Waals surface area contributed by atoms with Gasteiger partial charge in [0.05, 0.1) is 15.8 Å². The number of amides is 2. The molecule has 1 N–H and O–H groups in total. The molecule has 2 aromatic carbocycles. The zero-order valence-corrected chi connectivity index (χ0v) is 19.9. The number of benzene rings is 2. The molecule has 0 aliphatic heterocycles. The van der Waals surface area contributed by atoms with Gasteiger partial charge in [-0.2, -0.15) is 0 Å². The molecule has 2 aromatic rings. The highest BCUT2D eigenvalue weighted by Gasteiger charge is 2.29. The molecule has 2 amide bonds. The van der Waals surface area contributed by atoms with E-state index in [1.807, 2.05) is 57.2 Å². The van der Waals surface area contributed by atoms with Gasteiger partial charge in [0.1, 0.15) is 6.04 Å². The number of carbonyl (C=O) groups excluding carboxylic acids is 2. The third-order valence-electron chi connectivity index (χ3n) is 4.49. The quantitative estimate of drug-likeness (QED) is 0.498. The van der Waals surface area contributed by atoms with E-state index < -0.39 is 6.04 Å². The number of hydrogen-bond acceptors (Lipinski definition) is 3. The van der Waals surface area contributed by atoms with Crippen LogP contribution in [-0.2, 0) is 21.9 Å². The molecule has 0 aliphatic rings. The van der Waals surface area contributed by atoms with Crippen molar-refractivity contribution in [3.63, 3.8) is 0 Å². The van der Waals surface area contributed by atoms with Crippen LogP contribution in [0.1, 0.15) is 38.3 Å². The minimum absolute atomic E-state index is 0.000865. The fourth-order valence-electron chi connectivity index (χ4n) is 3.05. The van der Waals surface area contributed by atoms with Crippen LogP contribution in [0, 0.1) is 0 Å². The van der Waals surface area contributed by atoms with Gasteiger partial charge in [0.25, 0.3) is 0 Å². The van der Waals surface area contributed by atoms with Crippen LogP contribution in [0.15, 0.2) is 48.5 Å². The Bertz CT molecular complexity index is 846. The fourth-order valence-corrected chi connectivity index (χ4v) is 4.24. The second-order valence-electron chi connectivity index (χ2n) is 7.34. The van der Waals surface area contributed by atoms with Gasteiger partial charge in [0.2, 0.25) is 11.8 Å². The summed E-state index contributed by atoms with van der Waals surface area (Å²) in [5, 5.41) is 3.82. The predicted molar refractivity (Wildman–Crippen MR) is 127 cm³/mol. The molecule has 30 heavy (non-hydrogen) atoms. The van der Waals surface area contributed by atoms with E-state index in [0.29, 0.717) is 28.8 Å². The van der Waals surface area contributed by atoms with Crippen LogP contribution < -0.4 is 5.32 Å². The number of thioether (sulfide) groups is 1. The summed E-state index contributed by atoms with van der Waals surface area (Å²) in [7, 11) is 0. The van der Waals surface area contributed by atoms with E-state index in [1.165, 1.54) is 0 Å². The second-order valence-corrected chi connectivity index (χ2v) is 9.14. The topological polar surface area (TPSA) is 49.4 Å². The standard InChI is InChI=1S/C23H28Cl2N2O2S/c1-4-21(23(29)26-16(2)3)27(13-18-10-11-19(24)20(25)12-18)22(28)15-30-14-17-8-6-5-7-9-17/h5-12,16,21H,4,13-15H2,1-3H3,(H,26,29). The zero-order chi connectivity index (χ0) is 22.1. The Morgan fingerprint density at radius 1 is 1.03 bits per heavy atom. The van der Waals surface area contributed by atoms with Gasteiger partial charge in [-0.25, -0.2) is 0 Å². The molecule has 0 spiro atoms. The molecular formula is C23H28Cl2N2O2S. The monoisotopic (exact) mass is 466 g/mol. The summed E-state index contributed by atoms with van der Waals surface area (Å²) in [6.07, 6.45) is 0.523. The van der Waals surface area contributed by atoms with Crippen molar-refractivity contribution in [3.8, 4) is 0 Å². The lowest BCUT2D eigenvalue weighted by molar-refractivity contribution is -0.139.